The lowest BCUT2D eigenvalue weighted by Crippen LogP contribution is -2.35. The van der Waals surface area contributed by atoms with Crippen molar-refractivity contribution < 1.29 is 4.79 Å². The van der Waals surface area contributed by atoms with Crippen molar-refractivity contribution in [3.8, 4) is 0 Å². The van der Waals surface area contributed by atoms with Crippen LogP contribution >= 0.6 is 0 Å². The van der Waals surface area contributed by atoms with Crippen molar-refractivity contribution in [2.24, 2.45) is 21.9 Å². The van der Waals surface area contributed by atoms with Gasteiger partial charge in [0.25, 0.3) is 0 Å². The molecule has 5 N–H and O–H groups in total. The number of aliphatic imine (C=N–C) groups is 1. The fourth-order valence-electron chi connectivity index (χ4n) is 1.34. The van der Waals surface area contributed by atoms with Crippen molar-refractivity contribution in [1.29, 1.82) is 0 Å². The highest BCUT2D eigenvalue weighted by molar-refractivity contribution is 6.04. The van der Waals surface area contributed by atoms with Gasteiger partial charge in [-0.2, -0.15) is 0 Å². The molecule has 1 aromatic rings. The van der Waals surface area contributed by atoms with Crippen LogP contribution in [0.1, 0.15) is 26.3 Å². The first kappa shape index (κ1) is 15.8. The SMILES string of the molecule is Cc1ccc(N=C(/C=C(\N)C(C)(C)C)NC(N)=O)cc1. The summed E-state index contributed by atoms with van der Waals surface area (Å²) in [4.78, 5) is 15.4. The molecule has 2 amide bonds. The first-order valence-corrected chi connectivity index (χ1v) is 6.38. The second kappa shape index (κ2) is 6.23. The van der Waals surface area contributed by atoms with Gasteiger partial charge in [-0.15, -0.1) is 0 Å². The maximum atomic E-state index is 11.0. The highest BCUT2D eigenvalue weighted by Crippen LogP contribution is 2.21. The van der Waals surface area contributed by atoms with Gasteiger partial charge in [-0.05, 0) is 19.1 Å². The van der Waals surface area contributed by atoms with Gasteiger partial charge in [-0.1, -0.05) is 38.5 Å². The molecule has 0 fully saturated rings. The Kier molecular flexibility index (Phi) is 4.91. The lowest BCUT2D eigenvalue weighted by molar-refractivity contribution is 0.253. The quantitative estimate of drug-likeness (QED) is 0.571. The third kappa shape index (κ3) is 5.14. The van der Waals surface area contributed by atoms with Crippen molar-refractivity contribution in [3.05, 3.63) is 41.6 Å². The molecule has 0 radical (unpaired) electrons. The van der Waals surface area contributed by atoms with Gasteiger partial charge in [-0.25, -0.2) is 9.79 Å². The number of aryl methyl sites for hydroxylation is 1. The molecule has 5 heteroatoms. The maximum Gasteiger partial charge on any atom is 0.317 e. The first-order chi connectivity index (χ1) is 9.18. The van der Waals surface area contributed by atoms with Crippen molar-refractivity contribution in [1.82, 2.24) is 5.32 Å². The Morgan fingerprint density at radius 1 is 1.20 bits per heavy atom. The van der Waals surface area contributed by atoms with Crippen LogP contribution in [-0.4, -0.2) is 11.9 Å². The van der Waals surface area contributed by atoms with Gasteiger partial charge in [0, 0.05) is 17.2 Å². The van der Waals surface area contributed by atoms with Gasteiger partial charge in [0.1, 0.15) is 5.84 Å². The molecule has 108 valence electrons. The number of primary amides is 1. The topological polar surface area (TPSA) is 93.5 Å². The summed E-state index contributed by atoms with van der Waals surface area (Å²) in [6.07, 6.45) is 1.63. The number of amidine groups is 1. The average Bonchev–Trinajstić information content (AvgIpc) is 2.30. The molecule has 0 aliphatic carbocycles. The maximum absolute atomic E-state index is 11.0. The minimum Gasteiger partial charge on any atom is -0.401 e. The van der Waals surface area contributed by atoms with Gasteiger partial charge in [0.15, 0.2) is 0 Å². The second-order valence-corrected chi connectivity index (χ2v) is 5.67. The number of hydrogen-bond donors (Lipinski definition) is 3. The highest BCUT2D eigenvalue weighted by atomic mass is 16.2. The smallest absolute Gasteiger partial charge is 0.317 e. The Morgan fingerprint density at radius 3 is 2.20 bits per heavy atom. The summed E-state index contributed by atoms with van der Waals surface area (Å²) in [6, 6.07) is 6.93. The van der Waals surface area contributed by atoms with Crippen LogP contribution in [0.2, 0.25) is 0 Å². The van der Waals surface area contributed by atoms with Gasteiger partial charge < -0.3 is 11.5 Å². The average molecular weight is 274 g/mol. The van der Waals surface area contributed by atoms with Crippen LogP contribution in [0.4, 0.5) is 10.5 Å². The summed E-state index contributed by atoms with van der Waals surface area (Å²) in [5.74, 6) is 0.328. The number of benzene rings is 1. The van der Waals surface area contributed by atoms with Gasteiger partial charge in [-0.3, -0.25) is 5.32 Å². The summed E-state index contributed by atoms with van der Waals surface area (Å²) in [5, 5.41) is 2.48. The van der Waals surface area contributed by atoms with Crippen molar-refractivity contribution in [2.45, 2.75) is 27.7 Å². The van der Waals surface area contributed by atoms with Crippen LogP contribution in [0.3, 0.4) is 0 Å². The number of carbonyl (C=O) groups is 1. The largest absolute Gasteiger partial charge is 0.401 e. The zero-order valence-corrected chi connectivity index (χ0v) is 12.4. The van der Waals surface area contributed by atoms with Crippen LogP contribution in [-0.2, 0) is 0 Å². The lowest BCUT2D eigenvalue weighted by atomic mass is 9.92. The number of allylic oxidation sites excluding steroid dienone is 1. The number of amides is 2. The zero-order chi connectivity index (χ0) is 15.3. The molecule has 0 heterocycles. The number of hydrogen-bond acceptors (Lipinski definition) is 3. The van der Waals surface area contributed by atoms with Crippen LogP contribution in [0.5, 0.6) is 0 Å². The summed E-state index contributed by atoms with van der Waals surface area (Å²) in [7, 11) is 0. The lowest BCUT2D eigenvalue weighted by Gasteiger charge is -2.19. The summed E-state index contributed by atoms with van der Waals surface area (Å²) < 4.78 is 0. The third-order valence-corrected chi connectivity index (χ3v) is 2.69. The van der Waals surface area contributed by atoms with Crippen LogP contribution in [0.25, 0.3) is 0 Å². The molecule has 0 bridgehead atoms. The number of carbonyl (C=O) groups excluding carboxylic acids is 1. The van der Waals surface area contributed by atoms with E-state index in [-0.39, 0.29) is 5.41 Å². The van der Waals surface area contributed by atoms with E-state index in [1.54, 1.807) is 6.08 Å². The Morgan fingerprint density at radius 2 is 1.75 bits per heavy atom. The van der Waals surface area contributed by atoms with E-state index in [1.165, 1.54) is 0 Å². The summed E-state index contributed by atoms with van der Waals surface area (Å²) in [6.45, 7) is 7.93. The molecule has 1 rings (SSSR count). The molecule has 0 unspecified atom stereocenters. The first-order valence-electron chi connectivity index (χ1n) is 6.38. The summed E-state index contributed by atoms with van der Waals surface area (Å²) >= 11 is 0. The van der Waals surface area contributed by atoms with Crippen molar-refractivity contribution in [3.63, 3.8) is 0 Å². The Balaban J connectivity index is 3.12. The highest BCUT2D eigenvalue weighted by Gasteiger charge is 2.14. The fraction of sp³-hybridized carbons (Fsp3) is 0.333. The van der Waals surface area contributed by atoms with E-state index in [0.717, 1.165) is 11.3 Å². The predicted octanol–water partition coefficient (Wildman–Crippen LogP) is 2.58. The number of nitrogens with two attached hydrogens (primary N) is 2. The van der Waals surface area contributed by atoms with E-state index in [4.69, 9.17) is 11.5 Å². The van der Waals surface area contributed by atoms with Crippen LogP contribution < -0.4 is 16.8 Å². The molecular formula is C15H22N4O. The summed E-state index contributed by atoms with van der Waals surface area (Å²) in [5.41, 5.74) is 13.4. The molecular weight excluding hydrogens is 252 g/mol. The molecule has 0 aromatic heterocycles. The Bertz CT molecular complexity index is 536. The zero-order valence-electron chi connectivity index (χ0n) is 12.4. The number of urea groups is 1. The molecule has 0 aliphatic heterocycles. The molecule has 0 saturated heterocycles. The number of nitrogens with one attached hydrogen (secondary N) is 1. The second-order valence-electron chi connectivity index (χ2n) is 5.67. The van der Waals surface area contributed by atoms with E-state index in [1.807, 2.05) is 52.0 Å². The van der Waals surface area contributed by atoms with Crippen molar-refractivity contribution >= 4 is 17.6 Å². The fourth-order valence-corrected chi connectivity index (χ4v) is 1.34. The number of rotatable bonds is 2. The molecule has 5 nitrogen and oxygen atoms in total. The van der Waals surface area contributed by atoms with Crippen LogP contribution in [0, 0.1) is 12.3 Å². The Hall–Kier alpha value is -2.30. The van der Waals surface area contributed by atoms with Gasteiger partial charge in [0.2, 0.25) is 0 Å². The normalized spacial score (nSPS) is 13.2. The molecule has 0 spiro atoms. The minimum absolute atomic E-state index is 0.215. The van der Waals surface area contributed by atoms with Crippen molar-refractivity contribution in [2.75, 3.05) is 0 Å². The van der Waals surface area contributed by atoms with Gasteiger partial charge >= 0.3 is 6.03 Å². The van der Waals surface area contributed by atoms with Crippen LogP contribution in [0.15, 0.2) is 41.0 Å². The number of nitrogens with zero attached hydrogens (tertiary/aromatic N) is 1. The van der Waals surface area contributed by atoms with E-state index >= 15 is 0 Å². The predicted molar refractivity (Wildman–Crippen MR) is 82.7 cm³/mol. The van der Waals surface area contributed by atoms with E-state index in [0.29, 0.717) is 11.5 Å². The third-order valence-electron chi connectivity index (χ3n) is 2.69. The molecule has 0 atom stereocenters. The minimum atomic E-state index is -0.672. The monoisotopic (exact) mass is 274 g/mol. The van der Waals surface area contributed by atoms with E-state index in [9.17, 15) is 4.79 Å². The van der Waals surface area contributed by atoms with E-state index < -0.39 is 6.03 Å². The standard InChI is InChI=1S/C15H22N4O/c1-10-5-7-11(8-6-10)18-13(19-14(17)20)9-12(16)15(2,3)4/h5-9H,16H2,1-4H3,(H3,17,18,19,20)/b12-9-. The molecule has 0 saturated carbocycles. The molecule has 20 heavy (non-hydrogen) atoms. The van der Waals surface area contributed by atoms with E-state index in [2.05, 4.69) is 10.3 Å². The molecule has 0 aliphatic rings. The van der Waals surface area contributed by atoms with Gasteiger partial charge in [0.05, 0.1) is 5.69 Å². The molecule has 1 aromatic carbocycles. The Labute approximate surface area is 119 Å².